The molecule has 122 valence electrons. The topological polar surface area (TPSA) is 29.5 Å². The zero-order chi connectivity index (χ0) is 16.2. The molecule has 1 atom stereocenters. The maximum atomic E-state index is 12.7. The number of carbonyl (C=O) groups is 1. The minimum Gasteiger partial charge on any atom is -0.497 e. The summed E-state index contributed by atoms with van der Waals surface area (Å²) in [6, 6.07) is 10.2. The summed E-state index contributed by atoms with van der Waals surface area (Å²) in [5.74, 6) is 1.43. The second-order valence-corrected chi connectivity index (χ2v) is 7.67. The maximum absolute atomic E-state index is 12.7. The molecule has 1 aromatic carbocycles. The van der Waals surface area contributed by atoms with Crippen LogP contribution >= 0.6 is 27.3 Å². The Kier molecular flexibility index (Phi) is 5.38. The Morgan fingerprint density at radius 3 is 2.74 bits per heavy atom. The summed E-state index contributed by atoms with van der Waals surface area (Å²) < 4.78 is 6.21. The van der Waals surface area contributed by atoms with Crippen LogP contribution in [-0.4, -0.2) is 31.0 Å². The molecule has 0 N–H and O–H groups in total. The van der Waals surface area contributed by atoms with E-state index in [0.717, 1.165) is 47.5 Å². The van der Waals surface area contributed by atoms with Gasteiger partial charge in [-0.15, -0.1) is 11.3 Å². The molecular weight excluding hydrogens is 374 g/mol. The number of likely N-dealkylation sites (tertiary alicyclic amines) is 1. The molecule has 1 saturated heterocycles. The fraction of sp³-hybridized carbons (Fsp3) is 0.389. The Morgan fingerprint density at radius 2 is 2.09 bits per heavy atom. The van der Waals surface area contributed by atoms with Gasteiger partial charge in [-0.1, -0.05) is 18.6 Å². The molecule has 2 aromatic rings. The van der Waals surface area contributed by atoms with Crippen LogP contribution < -0.4 is 4.74 Å². The molecule has 1 aromatic heterocycles. The molecule has 1 fully saturated rings. The minimum absolute atomic E-state index is 0.154. The quantitative estimate of drug-likeness (QED) is 0.739. The van der Waals surface area contributed by atoms with Gasteiger partial charge < -0.3 is 9.64 Å². The van der Waals surface area contributed by atoms with Gasteiger partial charge in [-0.25, -0.2) is 0 Å². The second-order valence-electron chi connectivity index (χ2n) is 5.85. The highest BCUT2D eigenvalue weighted by Gasteiger charge is 2.24. The molecule has 5 heteroatoms. The van der Waals surface area contributed by atoms with E-state index in [4.69, 9.17) is 4.74 Å². The first-order valence-electron chi connectivity index (χ1n) is 7.84. The monoisotopic (exact) mass is 393 g/mol. The van der Waals surface area contributed by atoms with Crippen molar-refractivity contribution in [1.82, 2.24) is 4.90 Å². The standard InChI is InChI=1S/C18H20BrNO2S/c1-22-16-7-5-13(6-8-16)14-4-2-3-9-20(11-14)18(21)17-10-15(19)12-23-17/h5-8,10,12,14H,2-4,9,11H2,1H3/t14-/m0/s1. The number of nitrogens with zero attached hydrogens (tertiary/aromatic N) is 1. The summed E-state index contributed by atoms with van der Waals surface area (Å²) in [6.45, 7) is 1.64. The van der Waals surface area contributed by atoms with E-state index in [1.807, 2.05) is 28.5 Å². The normalized spacial score (nSPS) is 18.5. The van der Waals surface area contributed by atoms with E-state index in [0.29, 0.717) is 5.92 Å². The van der Waals surface area contributed by atoms with Crippen LogP contribution in [0.4, 0.5) is 0 Å². The summed E-state index contributed by atoms with van der Waals surface area (Å²) in [6.07, 6.45) is 3.36. The Morgan fingerprint density at radius 1 is 1.30 bits per heavy atom. The molecule has 2 heterocycles. The predicted molar refractivity (Wildman–Crippen MR) is 97.5 cm³/mol. The Labute approximate surface area is 149 Å². The van der Waals surface area contributed by atoms with Crippen molar-refractivity contribution in [3.63, 3.8) is 0 Å². The second kappa shape index (κ2) is 7.49. The van der Waals surface area contributed by atoms with Gasteiger partial charge in [0, 0.05) is 28.9 Å². The van der Waals surface area contributed by atoms with Gasteiger partial charge in [-0.2, -0.15) is 0 Å². The van der Waals surface area contributed by atoms with E-state index in [2.05, 4.69) is 28.1 Å². The zero-order valence-corrected chi connectivity index (χ0v) is 15.5. The summed E-state index contributed by atoms with van der Waals surface area (Å²) in [7, 11) is 1.68. The van der Waals surface area contributed by atoms with Gasteiger partial charge in [0.15, 0.2) is 0 Å². The number of methoxy groups -OCH3 is 1. The summed E-state index contributed by atoms with van der Waals surface area (Å²) in [5, 5.41) is 1.96. The first kappa shape index (κ1) is 16.5. The fourth-order valence-electron chi connectivity index (χ4n) is 3.06. The van der Waals surface area contributed by atoms with Crippen LogP contribution in [0.3, 0.4) is 0 Å². The van der Waals surface area contributed by atoms with Gasteiger partial charge in [0.25, 0.3) is 5.91 Å². The summed E-state index contributed by atoms with van der Waals surface area (Å²) in [4.78, 5) is 15.6. The third-order valence-electron chi connectivity index (χ3n) is 4.32. The van der Waals surface area contributed by atoms with Crippen molar-refractivity contribution in [1.29, 1.82) is 0 Å². The molecule has 0 radical (unpaired) electrons. The third kappa shape index (κ3) is 3.96. The number of benzene rings is 1. The lowest BCUT2D eigenvalue weighted by Gasteiger charge is -2.24. The van der Waals surface area contributed by atoms with E-state index >= 15 is 0 Å². The average Bonchev–Trinajstić information content (AvgIpc) is 2.87. The van der Waals surface area contributed by atoms with Crippen LogP contribution in [0.5, 0.6) is 5.75 Å². The van der Waals surface area contributed by atoms with Crippen molar-refractivity contribution in [2.45, 2.75) is 25.2 Å². The van der Waals surface area contributed by atoms with Gasteiger partial charge in [0.1, 0.15) is 5.75 Å². The van der Waals surface area contributed by atoms with Gasteiger partial charge >= 0.3 is 0 Å². The maximum Gasteiger partial charge on any atom is 0.263 e. The average molecular weight is 394 g/mol. The lowest BCUT2D eigenvalue weighted by molar-refractivity contribution is 0.0759. The fourth-order valence-corrected chi connectivity index (χ4v) is 4.45. The first-order chi connectivity index (χ1) is 11.2. The largest absolute Gasteiger partial charge is 0.497 e. The van der Waals surface area contributed by atoms with Crippen LogP contribution in [-0.2, 0) is 0 Å². The molecule has 0 unspecified atom stereocenters. The van der Waals surface area contributed by atoms with Crippen LogP contribution in [0.1, 0.15) is 40.4 Å². The van der Waals surface area contributed by atoms with E-state index in [1.165, 1.54) is 16.9 Å². The number of halogens is 1. The number of rotatable bonds is 3. The van der Waals surface area contributed by atoms with Crippen molar-refractivity contribution >= 4 is 33.2 Å². The lowest BCUT2D eigenvalue weighted by Crippen LogP contribution is -2.33. The molecule has 0 saturated carbocycles. The zero-order valence-electron chi connectivity index (χ0n) is 13.1. The molecule has 23 heavy (non-hydrogen) atoms. The SMILES string of the molecule is COc1ccc([C@H]2CCCCN(C(=O)c3cc(Br)cs3)C2)cc1. The van der Waals surface area contributed by atoms with Crippen LogP contribution in [0, 0.1) is 0 Å². The highest BCUT2D eigenvalue weighted by Crippen LogP contribution is 2.29. The Balaban J connectivity index is 1.76. The van der Waals surface area contributed by atoms with Crippen molar-refractivity contribution in [3.05, 3.63) is 50.6 Å². The minimum atomic E-state index is 0.154. The Bertz CT molecular complexity index is 668. The highest BCUT2D eigenvalue weighted by molar-refractivity contribution is 9.10. The smallest absolute Gasteiger partial charge is 0.263 e. The lowest BCUT2D eigenvalue weighted by atomic mass is 9.94. The highest BCUT2D eigenvalue weighted by atomic mass is 79.9. The number of amides is 1. The number of carbonyl (C=O) groups excluding carboxylic acids is 1. The molecule has 0 spiro atoms. The third-order valence-corrected chi connectivity index (χ3v) is 6.00. The molecule has 1 amide bonds. The van der Waals surface area contributed by atoms with E-state index < -0.39 is 0 Å². The number of thiophene rings is 1. The summed E-state index contributed by atoms with van der Waals surface area (Å²) in [5.41, 5.74) is 1.29. The van der Waals surface area contributed by atoms with Gasteiger partial charge in [0.2, 0.25) is 0 Å². The predicted octanol–water partition coefficient (Wildman–Crippen LogP) is 4.93. The van der Waals surface area contributed by atoms with E-state index in [1.54, 1.807) is 7.11 Å². The number of hydrogen-bond acceptors (Lipinski definition) is 3. The molecule has 1 aliphatic heterocycles. The van der Waals surface area contributed by atoms with Crippen molar-refractivity contribution in [3.8, 4) is 5.75 Å². The van der Waals surface area contributed by atoms with E-state index in [9.17, 15) is 4.79 Å². The molecule has 0 bridgehead atoms. The molecule has 3 rings (SSSR count). The molecule has 0 aliphatic carbocycles. The van der Waals surface area contributed by atoms with Gasteiger partial charge in [0.05, 0.1) is 12.0 Å². The Hall–Kier alpha value is -1.33. The summed E-state index contributed by atoms with van der Waals surface area (Å²) >= 11 is 4.94. The van der Waals surface area contributed by atoms with Crippen molar-refractivity contribution in [2.75, 3.05) is 20.2 Å². The van der Waals surface area contributed by atoms with Crippen LogP contribution in [0.15, 0.2) is 40.2 Å². The van der Waals surface area contributed by atoms with Crippen molar-refractivity contribution < 1.29 is 9.53 Å². The number of ether oxygens (including phenoxy) is 1. The van der Waals surface area contributed by atoms with Crippen LogP contribution in [0.2, 0.25) is 0 Å². The first-order valence-corrected chi connectivity index (χ1v) is 9.52. The molecular formula is C18H20BrNO2S. The van der Waals surface area contributed by atoms with Crippen LogP contribution in [0.25, 0.3) is 0 Å². The van der Waals surface area contributed by atoms with Gasteiger partial charge in [-0.05, 0) is 52.5 Å². The molecule has 1 aliphatic rings. The van der Waals surface area contributed by atoms with E-state index in [-0.39, 0.29) is 5.91 Å². The molecule has 3 nitrogen and oxygen atoms in total. The number of hydrogen-bond donors (Lipinski definition) is 0. The van der Waals surface area contributed by atoms with Crippen molar-refractivity contribution in [2.24, 2.45) is 0 Å². The van der Waals surface area contributed by atoms with Gasteiger partial charge in [-0.3, -0.25) is 4.79 Å².